The van der Waals surface area contributed by atoms with E-state index in [0.29, 0.717) is 36.4 Å². The van der Waals surface area contributed by atoms with E-state index < -0.39 is 71.2 Å². The van der Waals surface area contributed by atoms with Crippen molar-refractivity contribution in [2.75, 3.05) is 23.8 Å². The van der Waals surface area contributed by atoms with Crippen LogP contribution in [0, 0.1) is 0 Å². The molecule has 2 fully saturated rings. The molecule has 6 N–H and O–H groups in total. The van der Waals surface area contributed by atoms with Crippen molar-refractivity contribution in [2.24, 2.45) is 0 Å². The Morgan fingerprint density at radius 3 is 2.14 bits per heavy atom. The molecular weight excluding hydrogens is 777 g/mol. The van der Waals surface area contributed by atoms with E-state index in [9.17, 15) is 42.3 Å². The van der Waals surface area contributed by atoms with Gasteiger partial charge >= 0.3 is 24.2 Å². The van der Waals surface area contributed by atoms with Crippen LogP contribution in [0.3, 0.4) is 0 Å². The lowest BCUT2D eigenvalue weighted by atomic mass is 10.1. The number of carboxylic acid groups (broad SMARTS) is 1. The number of ether oxygens (including phenoxy) is 2. The van der Waals surface area contributed by atoms with Crippen molar-refractivity contribution in [3.05, 3.63) is 64.7 Å². The second-order valence-corrected chi connectivity index (χ2v) is 15.3. The molecule has 1 atom stereocenters. The van der Waals surface area contributed by atoms with Gasteiger partial charge in [-0.15, -0.1) is 0 Å². The normalized spacial score (nSPS) is 15.6. The van der Waals surface area contributed by atoms with Gasteiger partial charge in [0, 0.05) is 34.8 Å². The Kier molecular flexibility index (Phi) is 12.8. The van der Waals surface area contributed by atoms with Gasteiger partial charge in [0.1, 0.15) is 11.6 Å². The molecule has 2 aliphatic carbocycles. The first-order valence-corrected chi connectivity index (χ1v) is 18.3. The summed E-state index contributed by atoms with van der Waals surface area (Å²) in [5.41, 5.74) is -0.621. The molecule has 20 heteroatoms. The van der Waals surface area contributed by atoms with Crippen molar-refractivity contribution in [3.8, 4) is 6.01 Å². The molecule has 57 heavy (non-hydrogen) atoms. The highest BCUT2D eigenvalue weighted by molar-refractivity contribution is 6.36. The van der Waals surface area contributed by atoms with Crippen LogP contribution in [0.15, 0.2) is 48.5 Å². The highest BCUT2D eigenvalue weighted by atomic mass is 35.5. The monoisotopic (exact) mass is 818 g/mol. The number of benzene rings is 2. The highest BCUT2D eigenvalue weighted by Crippen LogP contribution is 2.48. The fourth-order valence-electron chi connectivity index (χ4n) is 5.61. The van der Waals surface area contributed by atoms with Gasteiger partial charge in [-0.2, -0.15) is 28.1 Å². The first kappa shape index (κ1) is 42.4. The van der Waals surface area contributed by atoms with Crippen LogP contribution in [0.5, 0.6) is 6.01 Å². The number of alkyl carbamates (subject to hydrolysis) is 1. The van der Waals surface area contributed by atoms with E-state index in [0.717, 1.165) is 5.56 Å². The molecule has 0 bridgehead atoms. The zero-order valence-electron chi connectivity index (χ0n) is 31.2. The number of halogens is 4. The third-order valence-corrected chi connectivity index (χ3v) is 9.16. The average molecular weight is 819 g/mol. The van der Waals surface area contributed by atoms with Crippen molar-refractivity contribution >= 4 is 58.8 Å². The molecular formula is C37H42ClF3N8O8. The van der Waals surface area contributed by atoms with Crippen LogP contribution in [-0.4, -0.2) is 86.2 Å². The summed E-state index contributed by atoms with van der Waals surface area (Å²) < 4.78 is 48.9. The third-order valence-electron chi connectivity index (χ3n) is 8.91. The summed E-state index contributed by atoms with van der Waals surface area (Å²) in [4.78, 5) is 74.1. The fourth-order valence-corrected chi connectivity index (χ4v) is 5.74. The molecule has 5 rings (SSSR count). The quantitative estimate of drug-likeness (QED) is 0.0886. The van der Waals surface area contributed by atoms with Gasteiger partial charge in [-0.25, -0.2) is 9.59 Å². The number of hydrogen-bond donors (Lipinski definition) is 6. The molecule has 0 spiro atoms. The van der Waals surface area contributed by atoms with E-state index in [1.54, 1.807) is 32.9 Å². The fraction of sp³-hybridized carbons (Fsp3) is 0.459. The number of Topliss-reactive ketones (excluding diaryl/α,β-unsaturated/α-hetero) is 1. The van der Waals surface area contributed by atoms with Crippen molar-refractivity contribution in [2.45, 2.75) is 94.6 Å². The largest absolute Gasteiger partial charge is 0.480 e. The van der Waals surface area contributed by atoms with Gasteiger partial charge in [-0.3, -0.25) is 14.4 Å². The van der Waals surface area contributed by atoms with E-state index in [1.165, 1.54) is 24.3 Å². The molecule has 3 aromatic rings. The zero-order chi connectivity index (χ0) is 41.6. The maximum Gasteiger partial charge on any atom is 0.422 e. The second-order valence-electron chi connectivity index (χ2n) is 14.8. The minimum atomic E-state index is -4.65. The smallest absolute Gasteiger partial charge is 0.422 e. The SMILES string of the molecule is CC(C)(C)OC(=O)NC1(CCC(=O)C(=O)NCC[C@H](NC(=O)c2ccc(Nc3nc(NC4(c5ccc(Cl)cc5)CC4)nc(OCC(F)(F)F)n3)cc2)C(=O)O)CC1. The maximum atomic E-state index is 13.0. The van der Waals surface area contributed by atoms with E-state index in [4.69, 9.17) is 21.1 Å². The number of ketones is 1. The second kappa shape index (κ2) is 17.2. The predicted octanol–water partition coefficient (Wildman–Crippen LogP) is 5.41. The molecule has 0 saturated heterocycles. The summed E-state index contributed by atoms with van der Waals surface area (Å²) >= 11 is 6.02. The van der Waals surface area contributed by atoms with Crippen molar-refractivity contribution in [1.29, 1.82) is 0 Å². The Bertz CT molecular complexity index is 1970. The predicted molar refractivity (Wildman–Crippen MR) is 199 cm³/mol. The molecule has 306 valence electrons. The number of hydrogen-bond acceptors (Lipinski definition) is 12. The zero-order valence-corrected chi connectivity index (χ0v) is 32.0. The Labute approximate surface area is 330 Å². The van der Waals surface area contributed by atoms with Crippen LogP contribution in [-0.2, 0) is 24.7 Å². The van der Waals surface area contributed by atoms with E-state index in [-0.39, 0.29) is 43.3 Å². The number of aromatic nitrogens is 3. The molecule has 0 radical (unpaired) electrons. The Hall–Kier alpha value is -5.72. The van der Waals surface area contributed by atoms with Gasteiger partial charge in [0.2, 0.25) is 17.7 Å². The molecule has 3 amide bonds. The third kappa shape index (κ3) is 12.9. The molecule has 2 aromatic carbocycles. The summed E-state index contributed by atoms with van der Waals surface area (Å²) in [6.45, 7) is 3.30. The van der Waals surface area contributed by atoms with E-state index in [1.807, 2.05) is 12.1 Å². The van der Waals surface area contributed by atoms with Gasteiger partial charge in [-0.05, 0) is 101 Å². The lowest BCUT2D eigenvalue weighted by molar-refractivity contribution is -0.154. The van der Waals surface area contributed by atoms with Gasteiger partial charge in [0.15, 0.2) is 6.61 Å². The van der Waals surface area contributed by atoms with Crippen LogP contribution in [0.4, 0.5) is 35.5 Å². The molecule has 0 aliphatic heterocycles. The van der Waals surface area contributed by atoms with Crippen LogP contribution in [0.2, 0.25) is 5.02 Å². The minimum Gasteiger partial charge on any atom is -0.480 e. The first-order valence-electron chi connectivity index (χ1n) is 17.9. The van der Waals surface area contributed by atoms with Crippen molar-refractivity contribution in [1.82, 2.24) is 30.9 Å². The number of carbonyl (C=O) groups excluding carboxylic acids is 4. The number of carbonyl (C=O) groups is 5. The number of rotatable bonds is 18. The molecule has 1 heterocycles. The summed E-state index contributed by atoms with van der Waals surface area (Å²) in [6, 6.07) is 10.7. The van der Waals surface area contributed by atoms with Crippen LogP contribution in [0.1, 0.15) is 81.6 Å². The Morgan fingerprint density at radius 1 is 0.912 bits per heavy atom. The maximum absolute atomic E-state index is 13.0. The standard InChI is InChI=1S/C37H42ClF3N8O8/c1-34(2,3)57-33(55)49-35(15-16-35)14-12-26(50)28(52)42-19-13-25(29(53)54)44-27(51)21-4-10-24(11-5-21)43-30-45-31(47-32(46-30)56-20-37(39,40)41)48-36(17-18-36)22-6-8-23(38)9-7-22/h4-11,25H,12-20H2,1-3H3,(H,42,52)(H,44,51)(H,49,55)(H,53,54)(H2,43,45,46,47,48)/t25-/m0/s1. The van der Waals surface area contributed by atoms with E-state index >= 15 is 0 Å². The number of alkyl halides is 3. The topological polar surface area (TPSA) is 223 Å². The number of nitrogens with zero attached hydrogens (tertiary/aromatic N) is 3. The Balaban J connectivity index is 1.13. The summed E-state index contributed by atoms with van der Waals surface area (Å²) in [6.07, 6.45) is -2.75. The molecule has 2 aliphatic rings. The summed E-state index contributed by atoms with van der Waals surface area (Å²) in [5.74, 6) is -4.00. The Morgan fingerprint density at radius 2 is 1.56 bits per heavy atom. The number of anilines is 3. The van der Waals surface area contributed by atoms with Gasteiger partial charge in [0.05, 0.1) is 5.54 Å². The van der Waals surface area contributed by atoms with Crippen LogP contribution < -0.4 is 31.3 Å². The number of carboxylic acids is 1. The van der Waals surface area contributed by atoms with Gasteiger partial charge < -0.3 is 41.2 Å². The molecule has 0 unspecified atom stereocenters. The first-order chi connectivity index (χ1) is 26.7. The van der Waals surface area contributed by atoms with Gasteiger partial charge in [0.25, 0.3) is 11.8 Å². The summed E-state index contributed by atoms with van der Waals surface area (Å²) in [5, 5.41) is 23.8. The van der Waals surface area contributed by atoms with Crippen LogP contribution >= 0.6 is 11.6 Å². The van der Waals surface area contributed by atoms with Crippen LogP contribution in [0.25, 0.3) is 0 Å². The van der Waals surface area contributed by atoms with Crippen molar-refractivity contribution in [3.63, 3.8) is 0 Å². The summed E-state index contributed by atoms with van der Waals surface area (Å²) in [7, 11) is 0. The lowest BCUT2D eigenvalue weighted by Crippen LogP contribution is -2.44. The number of aliphatic carboxylic acids is 1. The number of nitrogens with one attached hydrogen (secondary N) is 5. The molecule has 2 saturated carbocycles. The average Bonchev–Trinajstić information content (AvgIpc) is 4.06. The highest BCUT2D eigenvalue weighted by Gasteiger charge is 2.46. The van der Waals surface area contributed by atoms with Crippen molar-refractivity contribution < 1.29 is 51.7 Å². The number of amides is 3. The van der Waals surface area contributed by atoms with E-state index in [2.05, 4.69) is 41.5 Å². The minimum absolute atomic E-state index is 0.0485. The molecule has 1 aromatic heterocycles. The molecule has 16 nitrogen and oxygen atoms in total. The van der Waals surface area contributed by atoms with Gasteiger partial charge in [-0.1, -0.05) is 23.7 Å². The lowest BCUT2D eigenvalue weighted by Gasteiger charge is -2.23.